The summed E-state index contributed by atoms with van der Waals surface area (Å²) in [7, 11) is 0. The van der Waals surface area contributed by atoms with Crippen LogP contribution in [0.1, 0.15) is 93.2 Å². The van der Waals surface area contributed by atoms with Crippen LogP contribution in [0.25, 0.3) is 22.3 Å². The first kappa shape index (κ1) is 83.6. The molecule has 10 atom stereocenters. The fraction of sp³-hybridized carbons (Fsp3) is 0.160. The number of cyclic esters (lactones) is 2. The summed E-state index contributed by atoms with van der Waals surface area (Å²) >= 11 is 0. The van der Waals surface area contributed by atoms with Crippen LogP contribution in [0, 0.1) is 0 Å². The highest BCUT2D eigenvalue weighted by Crippen LogP contribution is 2.58. The third kappa shape index (κ3) is 14.8. The van der Waals surface area contributed by atoms with Gasteiger partial charge in [0.15, 0.2) is 163 Å². The largest absolute Gasteiger partial charge is 0.504 e. The van der Waals surface area contributed by atoms with Crippen LogP contribution in [0.4, 0.5) is 0 Å². The number of benzene rings is 9. The molecule has 4 heterocycles. The van der Waals surface area contributed by atoms with Crippen LogP contribution in [0.15, 0.2) is 78.9 Å². The van der Waals surface area contributed by atoms with Crippen LogP contribution < -0.4 is 4.74 Å². The maximum Gasteiger partial charge on any atom is 0.342 e. The second kappa shape index (κ2) is 31.3. The van der Waals surface area contributed by atoms with Gasteiger partial charge in [0, 0.05) is 34.4 Å². The third-order valence-corrected chi connectivity index (χ3v) is 18.9. The number of hydrogen-bond donors (Lipinski definition) is 27. The summed E-state index contributed by atoms with van der Waals surface area (Å²) in [5.74, 6) is -58.2. The quantitative estimate of drug-likeness (QED) is 0.0475. The highest BCUT2D eigenvalue weighted by molar-refractivity contribution is 6.10. The van der Waals surface area contributed by atoms with Crippen molar-refractivity contribution < 1.29 is 238 Å². The lowest BCUT2D eigenvalue weighted by Gasteiger charge is -2.43. The molecule has 2 fully saturated rings. The van der Waals surface area contributed by atoms with Gasteiger partial charge in [-0.1, -0.05) is 0 Å². The van der Waals surface area contributed by atoms with Crippen LogP contribution in [-0.4, -0.2) is 266 Å². The Morgan fingerprint density at radius 1 is 0.285 bits per heavy atom. The molecule has 0 aliphatic carbocycles. The summed E-state index contributed by atoms with van der Waals surface area (Å²) in [6.45, 7) is -3.02. The Morgan fingerprint density at radius 3 is 0.943 bits per heavy atom. The normalized spacial score (nSPS) is 19.8. The van der Waals surface area contributed by atoms with Crippen molar-refractivity contribution in [2.24, 2.45) is 0 Å². The summed E-state index contributed by atoms with van der Waals surface area (Å²) in [5.41, 5.74) is -15.9. The predicted octanol–water partition coefficient (Wildman–Crippen LogP) is 2.75. The lowest BCUT2D eigenvalue weighted by molar-refractivity contribution is -0.284. The number of carbonyl (C=O) groups excluding carboxylic acids is 9. The molecule has 0 aromatic heterocycles. The zero-order valence-electron chi connectivity index (χ0n) is 60.3. The van der Waals surface area contributed by atoms with Crippen LogP contribution in [0.2, 0.25) is 0 Å². The van der Waals surface area contributed by atoms with Gasteiger partial charge in [0.2, 0.25) is 46.9 Å². The Balaban J connectivity index is 0.918. The van der Waals surface area contributed by atoms with Crippen molar-refractivity contribution in [1.29, 1.82) is 0 Å². The van der Waals surface area contributed by atoms with Crippen LogP contribution >= 0.6 is 0 Å². The highest BCUT2D eigenvalue weighted by atomic mass is 16.8. The first-order valence-electron chi connectivity index (χ1n) is 34.1. The number of phenols is 26. The molecule has 0 saturated carbocycles. The van der Waals surface area contributed by atoms with E-state index in [1.54, 1.807) is 0 Å². The standard InChI is InChI=1S/C75H54O48/c76-25-1-16(2-26(77)44(25)88)65(102)119-61-59-38(14-112-69(106)20-9-33(84)48(92)53(97)40(20)41-21(71(108)117-59)10-34(85)49(93)54(41)98)115-74(111)63(61)121-73(110)24-12-36(87)51(95)57(101)58(24)114-37-13-23-43(56(100)52(37)96)42-22(11-35(86)50(94)55(42)99)72(109)118-60-39(15-113-70(23)107)116-75(123-68(105)19-7-31(82)47(91)32(83)8-19)64(122-67(104)18-5-29(80)46(90)30(81)6-18)62(60)120-66(103)17-3-27(78)45(89)28(79)4-17/h1-13,38-39,59-64,74-101,111H,14-15H2. The van der Waals surface area contributed by atoms with E-state index < -0.39 is 362 Å². The smallest absolute Gasteiger partial charge is 0.342 e. The Bertz CT molecular complexity index is 5970. The molecule has 0 bridgehead atoms. The van der Waals surface area contributed by atoms with Crippen molar-refractivity contribution in [2.75, 3.05) is 13.2 Å². The van der Waals surface area contributed by atoms with Gasteiger partial charge in [-0.3, -0.25) is 0 Å². The van der Waals surface area contributed by atoms with E-state index >= 15 is 14.4 Å². The summed E-state index contributed by atoms with van der Waals surface area (Å²) in [5, 5.41) is 293. The van der Waals surface area contributed by atoms with Gasteiger partial charge in [-0.15, -0.1) is 0 Å². The van der Waals surface area contributed by atoms with Gasteiger partial charge in [-0.25, -0.2) is 43.2 Å². The van der Waals surface area contributed by atoms with E-state index in [2.05, 4.69) is 0 Å². The highest BCUT2D eigenvalue weighted by Gasteiger charge is 2.57. The van der Waals surface area contributed by atoms with Gasteiger partial charge in [0.25, 0.3) is 0 Å². The van der Waals surface area contributed by atoms with Gasteiger partial charge in [0.1, 0.15) is 31.0 Å². The van der Waals surface area contributed by atoms with Gasteiger partial charge < -0.3 is 195 Å². The van der Waals surface area contributed by atoms with Crippen LogP contribution in [0.3, 0.4) is 0 Å². The van der Waals surface area contributed by atoms with Crippen molar-refractivity contribution in [1.82, 2.24) is 0 Å². The molecule has 2 saturated heterocycles. The summed E-state index contributed by atoms with van der Waals surface area (Å²) in [4.78, 5) is 132. The van der Waals surface area contributed by atoms with E-state index in [0.717, 1.165) is 0 Å². The summed E-state index contributed by atoms with van der Waals surface area (Å²) < 4.78 is 67.6. The molecular weight excluding hydrogens is 1670 g/mol. The van der Waals surface area contributed by atoms with Crippen molar-refractivity contribution in [3.05, 3.63) is 129 Å². The molecule has 0 amide bonds. The topological polar surface area (TPSA) is 811 Å². The first-order chi connectivity index (χ1) is 57.9. The van der Waals surface area contributed by atoms with Crippen LogP contribution in [0.5, 0.6) is 161 Å². The number of aromatic hydroxyl groups is 26. The lowest BCUT2D eigenvalue weighted by Crippen LogP contribution is -2.63. The van der Waals surface area contributed by atoms with Crippen molar-refractivity contribution in [3.8, 4) is 183 Å². The zero-order valence-corrected chi connectivity index (χ0v) is 60.3. The summed E-state index contributed by atoms with van der Waals surface area (Å²) in [6, 6.07) is 4.63. The number of aliphatic hydroxyl groups excluding tert-OH is 1. The van der Waals surface area contributed by atoms with E-state index in [0.29, 0.717) is 60.7 Å². The Morgan fingerprint density at radius 2 is 0.569 bits per heavy atom. The Hall–Kier alpha value is -17.3. The molecular formula is C75H54O48. The third-order valence-electron chi connectivity index (χ3n) is 18.9. The van der Waals surface area contributed by atoms with E-state index in [1.165, 1.54) is 0 Å². The van der Waals surface area contributed by atoms with Gasteiger partial charge in [-0.2, -0.15) is 0 Å². The number of phenolic OH excluding ortho intramolecular Hbond substituents is 26. The van der Waals surface area contributed by atoms with Crippen molar-refractivity contribution in [2.45, 2.75) is 61.4 Å². The Labute approximate surface area is 676 Å². The predicted molar refractivity (Wildman–Crippen MR) is 380 cm³/mol. The number of hydrogen-bond acceptors (Lipinski definition) is 48. The molecule has 9 aromatic carbocycles. The van der Waals surface area contributed by atoms with Crippen LogP contribution in [-0.2, 0) is 52.1 Å². The first-order valence-corrected chi connectivity index (χ1v) is 34.1. The molecule has 9 aromatic rings. The van der Waals surface area contributed by atoms with Gasteiger partial charge in [-0.05, 0) is 66.7 Å². The van der Waals surface area contributed by atoms with E-state index in [-0.39, 0.29) is 18.2 Å². The SMILES string of the molecule is O=C(OC1OC2COC(=O)c3cc(Oc4c(C(=O)OC5C(O)OC6COC(=O)c7cc(O)c(O)c(O)c7-c7c(cc(O)c(O)c7O)C(=O)OC6C5OC(=O)c5cc(O)c(O)c(O)c5)cc(O)c(O)c4O)c(O)c(O)c3-c3c(cc(O)c(O)c3O)C(=O)OC2C(OC(=O)c2cc(O)c(O)c(O)c2)C1OC(=O)c1cc(O)c(O)c(O)c1)c1cc(O)c(O)c(O)c1. The number of carbonyl (C=O) groups is 9. The minimum Gasteiger partial charge on any atom is -0.504 e. The second-order valence-corrected chi connectivity index (χ2v) is 26.5. The molecule has 642 valence electrons. The monoisotopic (exact) mass is 1720 g/mol. The maximum atomic E-state index is 15.2. The molecule has 27 N–H and O–H groups in total. The van der Waals surface area contributed by atoms with E-state index in [4.69, 9.17) is 56.8 Å². The number of esters is 9. The van der Waals surface area contributed by atoms with Crippen molar-refractivity contribution >= 4 is 53.7 Å². The van der Waals surface area contributed by atoms with E-state index in [9.17, 15) is 167 Å². The fourth-order valence-electron chi connectivity index (χ4n) is 12.9. The number of ether oxygens (including phenoxy) is 12. The van der Waals surface area contributed by atoms with Gasteiger partial charge >= 0.3 is 53.7 Å². The maximum absolute atomic E-state index is 15.2. The molecule has 48 nitrogen and oxygen atoms in total. The van der Waals surface area contributed by atoms with Crippen molar-refractivity contribution in [3.63, 3.8) is 0 Å². The molecule has 48 heteroatoms. The molecule has 4 aliphatic heterocycles. The number of aliphatic hydroxyl groups is 1. The van der Waals surface area contributed by atoms with E-state index in [1.807, 2.05) is 0 Å². The molecule has 10 unspecified atom stereocenters. The minimum atomic E-state index is -2.92. The molecule has 123 heavy (non-hydrogen) atoms. The summed E-state index contributed by atoms with van der Waals surface area (Å²) in [6.07, 6.45) is -27.3. The lowest BCUT2D eigenvalue weighted by atomic mass is 9.91. The molecule has 0 radical (unpaired) electrons. The molecule has 0 spiro atoms. The average Bonchev–Trinajstić information content (AvgIpc) is 1.69. The number of rotatable bonds is 12. The second-order valence-electron chi connectivity index (χ2n) is 26.5. The average molecular weight is 1720 g/mol. The zero-order chi connectivity index (χ0) is 89.7. The number of fused-ring (bicyclic) bond motifs is 8. The Kier molecular flexibility index (Phi) is 21.3. The fourth-order valence-corrected chi connectivity index (χ4v) is 12.9. The van der Waals surface area contributed by atoms with Gasteiger partial charge in [0.05, 0.1) is 44.5 Å². The molecule has 4 aliphatic rings. The molecule has 13 rings (SSSR count). The minimum absolute atomic E-state index is 0.126.